The zero-order valence-corrected chi connectivity index (χ0v) is 18.2. The first kappa shape index (κ1) is 23.8. The molecule has 0 aliphatic carbocycles. The van der Waals surface area contributed by atoms with E-state index in [1.165, 1.54) is 10.4 Å². The Kier molecular flexibility index (Phi) is 8.49. The van der Waals surface area contributed by atoms with E-state index in [0.29, 0.717) is 36.4 Å². The first-order valence-electron chi connectivity index (χ1n) is 8.04. The van der Waals surface area contributed by atoms with Gasteiger partial charge in [0.05, 0.1) is 6.10 Å². The second-order valence-corrected chi connectivity index (χ2v) is 11.0. The van der Waals surface area contributed by atoms with Gasteiger partial charge in [-0.05, 0) is 32.4 Å². The van der Waals surface area contributed by atoms with Crippen molar-refractivity contribution < 1.29 is 21.6 Å². The molecule has 0 amide bonds. The summed E-state index contributed by atoms with van der Waals surface area (Å²) in [5, 5.41) is 8.49. The van der Waals surface area contributed by atoms with E-state index in [9.17, 15) is 16.8 Å². The van der Waals surface area contributed by atoms with Crippen molar-refractivity contribution in [2.45, 2.75) is 47.3 Å². The topological polar surface area (TPSA) is 119 Å². The van der Waals surface area contributed by atoms with E-state index in [1.807, 2.05) is 13.8 Å². The Bertz CT molecular complexity index is 810. The predicted octanol–water partition coefficient (Wildman–Crippen LogP) is 1.29. The maximum atomic E-state index is 12.9. The van der Waals surface area contributed by atoms with E-state index in [-0.39, 0.29) is 39.5 Å². The molecule has 2 rings (SSSR count). The maximum absolute atomic E-state index is 12.9. The molecule has 1 aliphatic rings. The zero-order valence-electron chi connectivity index (χ0n) is 15.0. The molecule has 2 atom stereocenters. The zero-order chi connectivity index (χ0) is 18.8. The van der Waals surface area contributed by atoms with Gasteiger partial charge in [-0.25, -0.2) is 22.0 Å². The molecule has 0 bridgehead atoms. The van der Waals surface area contributed by atoms with Crippen molar-refractivity contribution in [3.05, 3.63) is 11.6 Å². The fraction of sp³-hybridized carbons (Fsp3) is 0.714. The Labute approximate surface area is 165 Å². The monoisotopic (exact) mass is 447 g/mol. The number of fused-ring (bicyclic) bond motifs is 1. The van der Waals surface area contributed by atoms with Crippen LogP contribution in [0.5, 0.6) is 0 Å². The Balaban J connectivity index is 0.00000338. The van der Waals surface area contributed by atoms with Crippen LogP contribution in [-0.4, -0.2) is 54.0 Å². The number of primary sulfonamides is 1. The molecular formula is C14H26ClN3O5S3. The number of hydrogen-bond donors (Lipinski definition) is 2. The molecule has 1 unspecified atom stereocenters. The van der Waals surface area contributed by atoms with E-state index in [2.05, 4.69) is 5.32 Å². The minimum atomic E-state index is -3.95. The number of sulfonamides is 2. The molecule has 0 radical (unpaired) electrons. The van der Waals surface area contributed by atoms with Gasteiger partial charge in [-0.2, -0.15) is 4.31 Å². The van der Waals surface area contributed by atoms with Crippen molar-refractivity contribution in [2.24, 2.45) is 5.14 Å². The van der Waals surface area contributed by atoms with Crippen LogP contribution in [0, 0.1) is 0 Å². The van der Waals surface area contributed by atoms with Crippen molar-refractivity contribution in [3.63, 3.8) is 0 Å². The van der Waals surface area contributed by atoms with Crippen LogP contribution in [0.4, 0.5) is 0 Å². The van der Waals surface area contributed by atoms with Gasteiger partial charge < -0.3 is 10.1 Å². The highest BCUT2D eigenvalue weighted by Crippen LogP contribution is 2.40. The number of nitrogens with two attached hydrogens (primary N) is 1. The van der Waals surface area contributed by atoms with Crippen LogP contribution in [0.3, 0.4) is 0 Å². The molecule has 8 nitrogen and oxygen atoms in total. The normalized spacial score (nSPS) is 21.0. The third-order valence-electron chi connectivity index (χ3n) is 4.15. The maximum Gasteiger partial charge on any atom is 0.252 e. The van der Waals surface area contributed by atoms with Crippen LogP contribution in [0.1, 0.15) is 38.3 Å². The molecule has 2 heterocycles. The number of rotatable bonds is 8. The number of nitrogens with zero attached hydrogens (tertiary/aromatic N) is 1. The molecule has 3 N–H and O–H groups in total. The number of hydrogen-bond acceptors (Lipinski definition) is 7. The summed E-state index contributed by atoms with van der Waals surface area (Å²) in [5.74, 6) is 0. The van der Waals surface area contributed by atoms with Gasteiger partial charge in [0.2, 0.25) is 10.0 Å². The largest absolute Gasteiger partial charge is 0.382 e. The highest BCUT2D eigenvalue weighted by Gasteiger charge is 2.39. The SMILES string of the molecule is CCCNC1CN(CC[C@@H](C)OC)S(=O)(=O)c2sc(S(N)(=O)=O)cc21.Cl. The van der Waals surface area contributed by atoms with E-state index in [1.54, 1.807) is 7.11 Å². The minimum Gasteiger partial charge on any atom is -0.382 e. The third-order valence-corrected chi connectivity index (χ3v) is 9.11. The van der Waals surface area contributed by atoms with Crippen molar-refractivity contribution in [1.82, 2.24) is 9.62 Å². The van der Waals surface area contributed by atoms with Crippen molar-refractivity contribution in [3.8, 4) is 0 Å². The van der Waals surface area contributed by atoms with Crippen molar-refractivity contribution in [1.29, 1.82) is 0 Å². The Morgan fingerprint density at radius 1 is 1.50 bits per heavy atom. The summed E-state index contributed by atoms with van der Waals surface area (Å²) in [6.45, 7) is 5.15. The Morgan fingerprint density at radius 2 is 2.15 bits per heavy atom. The van der Waals surface area contributed by atoms with E-state index >= 15 is 0 Å². The van der Waals surface area contributed by atoms with Crippen LogP contribution in [-0.2, 0) is 24.8 Å². The summed E-state index contributed by atoms with van der Waals surface area (Å²) in [6.07, 6.45) is 1.37. The van der Waals surface area contributed by atoms with E-state index in [0.717, 1.165) is 6.42 Å². The van der Waals surface area contributed by atoms with E-state index in [4.69, 9.17) is 9.88 Å². The van der Waals surface area contributed by atoms with Crippen molar-refractivity contribution in [2.75, 3.05) is 26.7 Å². The fourth-order valence-corrected chi connectivity index (χ4v) is 6.90. The number of halogens is 1. The molecule has 0 fully saturated rings. The average molecular weight is 448 g/mol. The molecule has 0 aromatic carbocycles. The van der Waals surface area contributed by atoms with Gasteiger partial charge in [-0.3, -0.25) is 0 Å². The third kappa shape index (κ3) is 5.16. The van der Waals surface area contributed by atoms with Gasteiger partial charge in [0.15, 0.2) is 0 Å². The van der Waals surface area contributed by atoms with Crippen LogP contribution < -0.4 is 10.5 Å². The molecule has 1 aromatic heterocycles. The van der Waals surface area contributed by atoms with Crippen LogP contribution >= 0.6 is 23.7 Å². The fourth-order valence-electron chi connectivity index (χ4n) is 2.62. The van der Waals surface area contributed by atoms with Crippen molar-refractivity contribution >= 4 is 43.8 Å². The van der Waals surface area contributed by atoms with Crippen LogP contribution in [0.2, 0.25) is 0 Å². The number of ether oxygens (including phenoxy) is 1. The first-order chi connectivity index (χ1) is 11.6. The summed E-state index contributed by atoms with van der Waals surface area (Å²) in [6, 6.07) is 1.12. The molecule has 0 spiro atoms. The van der Waals surface area contributed by atoms with Gasteiger partial charge in [0.1, 0.15) is 8.42 Å². The minimum absolute atomic E-state index is 0. The van der Waals surface area contributed by atoms with Gasteiger partial charge in [0, 0.05) is 31.8 Å². The highest BCUT2D eigenvalue weighted by molar-refractivity contribution is 7.94. The number of nitrogens with one attached hydrogen (secondary N) is 1. The molecule has 12 heteroatoms. The van der Waals surface area contributed by atoms with E-state index < -0.39 is 20.0 Å². The molecule has 1 aliphatic heterocycles. The summed E-state index contributed by atoms with van der Waals surface area (Å²) < 4.78 is 55.6. The Morgan fingerprint density at radius 3 is 2.69 bits per heavy atom. The summed E-state index contributed by atoms with van der Waals surface area (Å²) >= 11 is 0.716. The average Bonchev–Trinajstić information content (AvgIpc) is 2.99. The highest BCUT2D eigenvalue weighted by atomic mass is 35.5. The van der Waals surface area contributed by atoms with Gasteiger partial charge >= 0.3 is 0 Å². The summed E-state index contributed by atoms with van der Waals surface area (Å²) in [4.78, 5) is 0. The number of methoxy groups -OCH3 is 1. The molecular weight excluding hydrogens is 422 g/mol. The molecule has 26 heavy (non-hydrogen) atoms. The standard InChI is InChI=1S/C14H25N3O5S3.ClH/c1-4-6-16-12-9-17(7-5-10(2)22-3)25(20,21)14-11(12)8-13(23-14)24(15,18)19;/h8,10,12,16H,4-7,9H2,1-3H3,(H2,15,18,19);1H/t10-,12?;/m1./s1. The lowest BCUT2D eigenvalue weighted by Gasteiger charge is -2.33. The smallest absolute Gasteiger partial charge is 0.252 e. The molecule has 1 aromatic rings. The molecule has 152 valence electrons. The molecule has 0 saturated heterocycles. The summed E-state index contributed by atoms with van der Waals surface area (Å²) in [7, 11) is -6.12. The lowest BCUT2D eigenvalue weighted by atomic mass is 10.1. The van der Waals surface area contributed by atoms with Gasteiger partial charge in [0.25, 0.3) is 10.0 Å². The second kappa shape index (κ2) is 9.28. The van der Waals surface area contributed by atoms with Crippen LogP contribution in [0.25, 0.3) is 0 Å². The lowest BCUT2D eigenvalue weighted by molar-refractivity contribution is 0.105. The van der Waals surface area contributed by atoms with Gasteiger partial charge in [-0.1, -0.05) is 6.92 Å². The second-order valence-electron chi connectivity index (χ2n) is 6.06. The Hall–Kier alpha value is -0.270. The molecule has 0 saturated carbocycles. The quantitative estimate of drug-likeness (QED) is 0.619. The summed E-state index contributed by atoms with van der Waals surface area (Å²) in [5.41, 5.74) is 0.485. The number of thiophene rings is 1. The first-order valence-corrected chi connectivity index (χ1v) is 11.8. The van der Waals surface area contributed by atoms with Gasteiger partial charge in [-0.15, -0.1) is 23.7 Å². The lowest BCUT2D eigenvalue weighted by Crippen LogP contribution is -2.44. The predicted molar refractivity (Wildman–Crippen MR) is 104 cm³/mol. The van der Waals surface area contributed by atoms with Crippen LogP contribution in [0.15, 0.2) is 14.5 Å².